The monoisotopic (exact) mass is 344 g/mol. The highest BCUT2D eigenvalue weighted by Gasteiger charge is 2.16. The van der Waals surface area contributed by atoms with Gasteiger partial charge in [0.2, 0.25) is 0 Å². The molecule has 3 aromatic rings. The number of hydrogen-bond acceptors (Lipinski definition) is 3. The normalized spacial score (nSPS) is 10.8. The van der Waals surface area contributed by atoms with Gasteiger partial charge in [0.25, 0.3) is 5.91 Å². The molecular formula is C18H14ClFN2O2. The maximum Gasteiger partial charge on any atom is 0.256 e. The largest absolute Gasteiger partial charge is 0.506 e. The first-order valence-electron chi connectivity index (χ1n) is 7.26. The summed E-state index contributed by atoms with van der Waals surface area (Å²) in [6, 6.07) is 9.53. The molecule has 0 saturated carbocycles. The van der Waals surface area contributed by atoms with Crippen molar-refractivity contribution in [2.75, 3.05) is 0 Å². The third-order valence-corrected chi connectivity index (χ3v) is 3.96. The Balaban J connectivity index is 1.87. The van der Waals surface area contributed by atoms with Gasteiger partial charge < -0.3 is 10.4 Å². The number of nitrogens with one attached hydrogen (secondary N) is 1. The van der Waals surface area contributed by atoms with Crippen molar-refractivity contribution in [3.8, 4) is 5.75 Å². The highest BCUT2D eigenvalue weighted by Crippen LogP contribution is 2.29. The number of amides is 1. The predicted octanol–water partition coefficient (Wildman–Crippen LogP) is 3.97. The molecule has 0 unspecified atom stereocenters. The number of halogens is 2. The minimum Gasteiger partial charge on any atom is -0.506 e. The van der Waals surface area contributed by atoms with Crippen molar-refractivity contribution in [1.29, 1.82) is 0 Å². The molecule has 0 atom stereocenters. The van der Waals surface area contributed by atoms with Crippen LogP contribution in [0, 0.1) is 12.7 Å². The number of aromatic nitrogens is 1. The molecule has 122 valence electrons. The number of rotatable bonds is 3. The third-order valence-electron chi connectivity index (χ3n) is 3.71. The first-order chi connectivity index (χ1) is 11.5. The van der Waals surface area contributed by atoms with Crippen molar-refractivity contribution >= 4 is 28.4 Å². The molecule has 0 aliphatic carbocycles. The van der Waals surface area contributed by atoms with Crippen molar-refractivity contribution in [3.63, 3.8) is 0 Å². The molecule has 2 N–H and O–H groups in total. The Morgan fingerprint density at radius 2 is 2.00 bits per heavy atom. The van der Waals surface area contributed by atoms with E-state index in [1.807, 2.05) is 0 Å². The zero-order valence-corrected chi connectivity index (χ0v) is 13.6. The van der Waals surface area contributed by atoms with E-state index >= 15 is 0 Å². The lowest BCUT2D eigenvalue weighted by atomic mass is 10.1. The second kappa shape index (κ2) is 6.45. The molecule has 0 saturated heterocycles. The van der Waals surface area contributed by atoms with Gasteiger partial charge in [0.15, 0.2) is 0 Å². The van der Waals surface area contributed by atoms with Crippen molar-refractivity contribution in [2.24, 2.45) is 0 Å². The maximum absolute atomic E-state index is 13.6. The van der Waals surface area contributed by atoms with Crippen LogP contribution in [0.5, 0.6) is 5.75 Å². The summed E-state index contributed by atoms with van der Waals surface area (Å²) in [6.45, 7) is 1.97. The van der Waals surface area contributed by atoms with Crippen molar-refractivity contribution < 1.29 is 14.3 Å². The van der Waals surface area contributed by atoms with Crippen molar-refractivity contribution in [1.82, 2.24) is 10.3 Å². The number of hydrogen-bond donors (Lipinski definition) is 2. The summed E-state index contributed by atoms with van der Waals surface area (Å²) in [5.41, 5.74) is 1.92. The van der Waals surface area contributed by atoms with Gasteiger partial charge in [-0.3, -0.25) is 9.78 Å². The van der Waals surface area contributed by atoms with E-state index in [9.17, 15) is 14.3 Å². The van der Waals surface area contributed by atoms with Gasteiger partial charge in [-0.1, -0.05) is 23.7 Å². The summed E-state index contributed by atoms with van der Waals surface area (Å²) < 4.78 is 13.6. The molecule has 0 radical (unpaired) electrons. The molecule has 2 aromatic carbocycles. The van der Waals surface area contributed by atoms with Gasteiger partial charge in [-0.05, 0) is 42.3 Å². The van der Waals surface area contributed by atoms with Crippen molar-refractivity contribution in [2.45, 2.75) is 13.5 Å². The zero-order valence-electron chi connectivity index (χ0n) is 12.8. The highest BCUT2D eigenvalue weighted by molar-refractivity contribution is 6.30. The number of nitrogens with zero attached hydrogens (tertiary/aromatic N) is 1. The van der Waals surface area contributed by atoms with Crippen LogP contribution in [0.15, 0.2) is 42.6 Å². The minimum absolute atomic E-state index is 0.00136. The molecule has 0 fully saturated rings. The lowest BCUT2D eigenvalue weighted by Crippen LogP contribution is -2.23. The van der Waals surface area contributed by atoms with Crippen molar-refractivity contribution in [3.05, 3.63) is 70.1 Å². The van der Waals surface area contributed by atoms with E-state index in [0.717, 1.165) is 5.56 Å². The molecule has 24 heavy (non-hydrogen) atoms. The quantitative estimate of drug-likeness (QED) is 0.755. The maximum atomic E-state index is 13.6. The van der Waals surface area contributed by atoms with Crippen LogP contribution in [0.25, 0.3) is 10.9 Å². The molecule has 3 rings (SSSR count). The smallest absolute Gasteiger partial charge is 0.256 e. The molecule has 0 aliphatic rings. The van der Waals surface area contributed by atoms with E-state index in [0.29, 0.717) is 16.1 Å². The topological polar surface area (TPSA) is 62.2 Å². The molecule has 0 bridgehead atoms. The molecule has 0 spiro atoms. The number of carbonyl (C=O) groups excluding carboxylic acids is 1. The fourth-order valence-electron chi connectivity index (χ4n) is 2.47. The van der Waals surface area contributed by atoms with Crippen LogP contribution >= 0.6 is 11.6 Å². The van der Waals surface area contributed by atoms with E-state index in [1.165, 1.54) is 18.3 Å². The Morgan fingerprint density at radius 1 is 1.29 bits per heavy atom. The van der Waals surface area contributed by atoms with Crippen LogP contribution in [0.1, 0.15) is 21.5 Å². The average molecular weight is 345 g/mol. The molecule has 0 aliphatic heterocycles. The summed E-state index contributed by atoms with van der Waals surface area (Å²) in [6.07, 6.45) is 1.29. The number of benzene rings is 2. The van der Waals surface area contributed by atoms with Crippen LogP contribution in [-0.2, 0) is 6.54 Å². The Labute approximate surface area is 142 Å². The number of fused-ring (bicyclic) bond motifs is 1. The van der Waals surface area contributed by atoms with Gasteiger partial charge in [-0.25, -0.2) is 4.39 Å². The predicted molar refractivity (Wildman–Crippen MR) is 90.7 cm³/mol. The number of aromatic hydroxyl groups is 1. The number of aryl methyl sites for hydroxylation is 1. The zero-order chi connectivity index (χ0) is 17.3. The number of pyridine rings is 1. The molecule has 1 amide bonds. The first-order valence-corrected chi connectivity index (χ1v) is 7.64. The molecular weight excluding hydrogens is 331 g/mol. The van der Waals surface area contributed by atoms with Crippen LogP contribution in [0.4, 0.5) is 4.39 Å². The first kappa shape index (κ1) is 16.2. The SMILES string of the molecule is Cc1cc(F)cc2c(O)c(C(=O)NCc3ccc(Cl)cc3)cnc12. The van der Waals surface area contributed by atoms with Gasteiger partial charge in [0.05, 0.1) is 5.52 Å². The van der Waals surface area contributed by atoms with Gasteiger partial charge in [0, 0.05) is 23.2 Å². The van der Waals surface area contributed by atoms with E-state index in [-0.39, 0.29) is 23.2 Å². The Morgan fingerprint density at radius 3 is 2.71 bits per heavy atom. The lowest BCUT2D eigenvalue weighted by Gasteiger charge is -2.10. The minimum atomic E-state index is -0.490. The summed E-state index contributed by atoms with van der Waals surface area (Å²) >= 11 is 5.81. The Bertz CT molecular complexity index is 926. The van der Waals surface area contributed by atoms with Gasteiger partial charge >= 0.3 is 0 Å². The summed E-state index contributed by atoms with van der Waals surface area (Å²) in [7, 11) is 0. The van der Waals surface area contributed by atoms with Gasteiger partial charge in [-0.2, -0.15) is 0 Å². The number of carbonyl (C=O) groups is 1. The molecule has 1 aromatic heterocycles. The average Bonchev–Trinajstić information content (AvgIpc) is 2.55. The Hall–Kier alpha value is -2.66. The van der Waals surface area contributed by atoms with E-state index in [4.69, 9.17) is 11.6 Å². The van der Waals surface area contributed by atoms with Gasteiger partial charge in [-0.15, -0.1) is 0 Å². The van der Waals surface area contributed by atoms with E-state index in [1.54, 1.807) is 31.2 Å². The van der Waals surface area contributed by atoms with E-state index in [2.05, 4.69) is 10.3 Å². The standard InChI is InChI=1S/C18H14ClFN2O2/c1-10-6-13(20)7-14-16(10)21-9-15(17(14)23)18(24)22-8-11-2-4-12(19)5-3-11/h2-7,9H,8H2,1H3,(H,21,23)(H,22,24). The third kappa shape index (κ3) is 3.16. The lowest BCUT2D eigenvalue weighted by molar-refractivity contribution is 0.0948. The van der Waals surface area contributed by atoms with Crippen LogP contribution in [0.3, 0.4) is 0 Å². The van der Waals surface area contributed by atoms with E-state index < -0.39 is 11.7 Å². The van der Waals surface area contributed by atoms with Crippen LogP contribution in [0.2, 0.25) is 5.02 Å². The summed E-state index contributed by atoms with van der Waals surface area (Å²) in [5, 5.41) is 13.8. The van der Waals surface area contributed by atoms with Crippen LogP contribution in [-0.4, -0.2) is 16.0 Å². The second-order valence-electron chi connectivity index (χ2n) is 5.45. The highest BCUT2D eigenvalue weighted by atomic mass is 35.5. The van der Waals surface area contributed by atoms with Gasteiger partial charge in [0.1, 0.15) is 17.1 Å². The second-order valence-corrected chi connectivity index (χ2v) is 5.88. The fourth-order valence-corrected chi connectivity index (χ4v) is 2.59. The molecule has 4 nitrogen and oxygen atoms in total. The molecule has 1 heterocycles. The molecule has 6 heteroatoms. The summed E-state index contributed by atoms with van der Waals surface area (Å²) in [4.78, 5) is 16.5. The van der Waals surface area contributed by atoms with Crippen LogP contribution < -0.4 is 5.32 Å². The Kier molecular flexibility index (Phi) is 4.36. The fraction of sp³-hybridized carbons (Fsp3) is 0.111. The summed E-state index contributed by atoms with van der Waals surface area (Å²) in [5.74, 6) is -1.26.